The summed E-state index contributed by atoms with van der Waals surface area (Å²) in [5.41, 5.74) is 4.16. The van der Waals surface area contributed by atoms with Gasteiger partial charge in [-0.05, 0) is 68.5 Å². The van der Waals surface area contributed by atoms with E-state index in [1.54, 1.807) is 25.1 Å². The van der Waals surface area contributed by atoms with Crippen LogP contribution in [-0.4, -0.2) is 36.9 Å². The number of rotatable bonds is 7. The van der Waals surface area contributed by atoms with Crippen molar-refractivity contribution in [2.75, 3.05) is 13.1 Å². The van der Waals surface area contributed by atoms with E-state index in [4.69, 9.17) is 4.52 Å². The van der Waals surface area contributed by atoms with Crippen LogP contribution in [0.15, 0.2) is 51.9 Å². The van der Waals surface area contributed by atoms with Gasteiger partial charge < -0.3 is 9.84 Å². The van der Waals surface area contributed by atoms with Crippen LogP contribution in [0.25, 0.3) is 12.2 Å². The van der Waals surface area contributed by atoms with Gasteiger partial charge >= 0.3 is 0 Å². The summed E-state index contributed by atoms with van der Waals surface area (Å²) in [6.07, 6.45) is 4.60. The lowest BCUT2D eigenvalue weighted by atomic mass is 9.99. The van der Waals surface area contributed by atoms with Gasteiger partial charge in [-0.2, -0.15) is 4.31 Å². The lowest BCUT2D eigenvalue weighted by Crippen LogP contribution is -2.45. The third-order valence-corrected chi connectivity index (χ3v) is 8.44. The minimum Gasteiger partial charge on any atom is -0.355 e. The van der Waals surface area contributed by atoms with E-state index in [0.29, 0.717) is 19.4 Å². The van der Waals surface area contributed by atoms with E-state index in [1.807, 2.05) is 38.1 Å². The molecule has 0 bridgehead atoms. The molecular formula is C27H30FN3O4S. The van der Waals surface area contributed by atoms with E-state index in [2.05, 4.69) is 10.5 Å². The average molecular weight is 512 g/mol. The number of piperidine rings is 1. The van der Waals surface area contributed by atoms with Crippen molar-refractivity contribution in [3.63, 3.8) is 0 Å². The molecule has 1 aromatic heterocycles. The predicted octanol–water partition coefficient (Wildman–Crippen LogP) is 4.63. The number of hydrogen-bond acceptors (Lipinski definition) is 5. The molecule has 2 heterocycles. The molecule has 0 radical (unpaired) electrons. The fraction of sp³-hybridized carbons (Fsp3) is 0.333. The smallest absolute Gasteiger partial charge is 0.248 e. The summed E-state index contributed by atoms with van der Waals surface area (Å²) in [5, 5.41) is 6.76. The first-order valence-corrected chi connectivity index (χ1v) is 13.3. The molecule has 1 unspecified atom stereocenters. The van der Waals surface area contributed by atoms with Gasteiger partial charge in [0.1, 0.15) is 11.5 Å². The molecule has 1 aliphatic heterocycles. The number of carbonyl (C=O) groups excluding carboxylic acids is 1. The highest BCUT2D eigenvalue weighted by atomic mass is 32.2. The molecule has 1 atom stereocenters. The van der Waals surface area contributed by atoms with Crippen LogP contribution in [0.3, 0.4) is 0 Å². The highest BCUT2D eigenvalue weighted by Crippen LogP contribution is 2.29. The summed E-state index contributed by atoms with van der Waals surface area (Å²) >= 11 is 0. The minimum atomic E-state index is -3.94. The topological polar surface area (TPSA) is 92.5 Å². The SMILES string of the molecule is Cc1ccc(C)c(/C=C/c2onc(C)c2S(=O)(=O)N2CCCC(C(=O)NCc3ccc(F)cc3)C2)c1. The molecule has 1 N–H and O–H groups in total. The van der Waals surface area contributed by atoms with Crippen molar-refractivity contribution in [2.45, 2.75) is 45.1 Å². The van der Waals surface area contributed by atoms with Gasteiger partial charge in [0.05, 0.1) is 5.92 Å². The second-order valence-corrected chi connectivity index (χ2v) is 11.1. The molecule has 0 saturated carbocycles. The number of aryl methyl sites for hydroxylation is 3. The van der Waals surface area contributed by atoms with Crippen LogP contribution >= 0.6 is 0 Å². The van der Waals surface area contributed by atoms with E-state index in [9.17, 15) is 17.6 Å². The maximum absolute atomic E-state index is 13.6. The molecule has 1 saturated heterocycles. The standard InChI is InChI=1S/C27H30FN3O4S/c1-18-6-7-19(2)22(15-18)10-13-25-26(20(3)30-35-25)36(33,34)31-14-4-5-23(17-31)27(32)29-16-21-8-11-24(28)12-9-21/h6-13,15,23H,4-5,14,16-17H2,1-3H3,(H,29,32)/b13-10+. The second-order valence-electron chi connectivity index (χ2n) is 9.20. The molecule has 2 aromatic carbocycles. The highest BCUT2D eigenvalue weighted by molar-refractivity contribution is 7.89. The van der Waals surface area contributed by atoms with Crippen molar-refractivity contribution in [3.05, 3.63) is 82.0 Å². The van der Waals surface area contributed by atoms with Gasteiger partial charge in [0, 0.05) is 19.6 Å². The lowest BCUT2D eigenvalue weighted by molar-refractivity contribution is -0.126. The second kappa shape index (κ2) is 10.8. The van der Waals surface area contributed by atoms with Gasteiger partial charge in [-0.15, -0.1) is 0 Å². The van der Waals surface area contributed by atoms with Crippen LogP contribution in [0.2, 0.25) is 0 Å². The van der Waals surface area contributed by atoms with Crippen molar-refractivity contribution in [3.8, 4) is 0 Å². The Morgan fingerprint density at radius 2 is 1.92 bits per heavy atom. The zero-order chi connectivity index (χ0) is 25.9. The number of sulfonamides is 1. The number of carbonyl (C=O) groups is 1. The third-order valence-electron chi connectivity index (χ3n) is 6.42. The Morgan fingerprint density at radius 1 is 1.17 bits per heavy atom. The van der Waals surface area contributed by atoms with Crippen molar-refractivity contribution >= 4 is 28.1 Å². The Balaban J connectivity index is 1.49. The Labute approximate surface area is 211 Å². The first kappa shape index (κ1) is 25.8. The molecule has 9 heteroatoms. The molecular weight excluding hydrogens is 481 g/mol. The zero-order valence-electron chi connectivity index (χ0n) is 20.6. The van der Waals surface area contributed by atoms with Crippen molar-refractivity contribution in [1.82, 2.24) is 14.8 Å². The first-order valence-electron chi connectivity index (χ1n) is 11.9. The molecule has 4 rings (SSSR count). The first-order chi connectivity index (χ1) is 17.1. The fourth-order valence-corrected chi connectivity index (χ4v) is 6.12. The molecule has 1 amide bonds. The van der Waals surface area contributed by atoms with E-state index < -0.39 is 15.9 Å². The van der Waals surface area contributed by atoms with Crippen LogP contribution in [0.1, 0.15) is 46.5 Å². The number of aromatic nitrogens is 1. The van der Waals surface area contributed by atoms with E-state index in [1.165, 1.54) is 16.4 Å². The molecule has 1 fully saturated rings. The molecule has 3 aromatic rings. The summed E-state index contributed by atoms with van der Waals surface area (Å²) in [6.45, 7) is 6.21. The Hall–Kier alpha value is -3.30. The quantitative estimate of drug-likeness (QED) is 0.500. The molecule has 36 heavy (non-hydrogen) atoms. The summed E-state index contributed by atoms with van der Waals surface area (Å²) < 4.78 is 47.1. The number of nitrogens with one attached hydrogen (secondary N) is 1. The number of benzene rings is 2. The van der Waals surface area contributed by atoms with Gasteiger partial charge in [-0.3, -0.25) is 4.79 Å². The minimum absolute atomic E-state index is 0.0245. The third kappa shape index (κ3) is 5.74. The average Bonchev–Trinajstić information content (AvgIpc) is 3.25. The monoisotopic (exact) mass is 511 g/mol. The highest BCUT2D eigenvalue weighted by Gasteiger charge is 2.36. The number of halogens is 1. The Kier molecular flexibility index (Phi) is 7.70. The molecule has 0 spiro atoms. The summed E-state index contributed by atoms with van der Waals surface area (Å²) in [4.78, 5) is 12.8. The van der Waals surface area contributed by atoms with Crippen LogP contribution in [0.5, 0.6) is 0 Å². The Morgan fingerprint density at radius 3 is 2.67 bits per heavy atom. The van der Waals surface area contributed by atoms with Crippen molar-refractivity contribution < 1.29 is 22.1 Å². The van der Waals surface area contributed by atoms with Gasteiger partial charge in [-0.25, -0.2) is 12.8 Å². The van der Waals surface area contributed by atoms with E-state index in [0.717, 1.165) is 22.3 Å². The lowest BCUT2D eigenvalue weighted by Gasteiger charge is -2.31. The van der Waals surface area contributed by atoms with E-state index >= 15 is 0 Å². The van der Waals surface area contributed by atoms with Crippen LogP contribution in [-0.2, 0) is 21.4 Å². The summed E-state index contributed by atoms with van der Waals surface area (Å²) in [5.74, 6) is -0.888. The molecule has 190 valence electrons. The van der Waals surface area contributed by atoms with Gasteiger partial charge in [0.25, 0.3) is 0 Å². The van der Waals surface area contributed by atoms with E-state index in [-0.39, 0.29) is 41.2 Å². The van der Waals surface area contributed by atoms with Crippen LogP contribution < -0.4 is 5.32 Å². The van der Waals surface area contributed by atoms with Gasteiger partial charge in [0.2, 0.25) is 15.9 Å². The van der Waals surface area contributed by atoms with Crippen molar-refractivity contribution in [2.24, 2.45) is 5.92 Å². The van der Waals surface area contributed by atoms with Crippen molar-refractivity contribution in [1.29, 1.82) is 0 Å². The summed E-state index contributed by atoms with van der Waals surface area (Å²) in [6, 6.07) is 11.9. The Bertz CT molecular complexity index is 1380. The molecule has 7 nitrogen and oxygen atoms in total. The number of nitrogens with zero attached hydrogens (tertiary/aromatic N) is 2. The van der Waals surface area contributed by atoms with Crippen LogP contribution in [0.4, 0.5) is 4.39 Å². The maximum Gasteiger partial charge on any atom is 0.248 e. The van der Waals surface area contributed by atoms with Gasteiger partial charge in [-0.1, -0.05) is 47.1 Å². The number of hydrogen-bond donors (Lipinski definition) is 1. The zero-order valence-corrected chi connectivity index (χ0v) is 21.4. The van der Waals surface area contributed by atoms with Crippen LogP contribution in [0, 0.1) is 32.5 Å². The fourth-order valence-electron chi connectivity index (χ4n) is 4.34. The molecule has 0 aliphatic carbocycles. The van der Waals surface area contributed by atoms with Gasteiger partial charge in [0.15, 0.2) is 10.7 Å². The summed E-state index contributed by atoms with van der Waals surface area (Å²) in [7, 11) is -3.94. The molecule has 1 aliphatic rings. The normalized spacial score (nSPS) is 16.9. The maximum atomic E-state index is 13.6. The largest absolute Gasteiger partial charge is 0.355 e. The number of amides is 1. The predicted molar refractivity (Wildman–Crippen MR) is 136 cm³/mol.